The van der Waals surface area contributed by atoms with E-state index < -0.39 is 0 Å². The lowest BCUT2D eigenvalue weighted by molar-refractivity contribution is -0.117. The van der Waals surface area contributed by atoms with Gasteiger partial charge < -0.3 is 10.6 Å². The van der Waals surface area contributed by atoms with Crippen LogP contribution in [0, 0.1) is 5.82 Å². The van der Waals surface area contributed by atoms with Crippen molar-refractivity contribution in [3.8, 4) is 0 Å². The molecule has 0 radical (unpaired) electrons. The molecule has 0 heterocycles. The zero-order chi connectivity index (χ0) is 13.8. The molecule has 0 saturated carbocycles. The van der Waals surface area contributed by atoms with Gasteiger partial charge in [-0.3, -0.25) is 4.79 Å². The first-order valence-electron chi connectivity index (χ1n) is 5.93. The van der Waals surface area contributed by atoms with Crippen molar-refractivity contribution in [3.63, 3.8) is 0 Å². The van der Waals surface area contributed by atoms with Crippen LogP contribution >= 0.6 is 0 Å². The average molecular weight is 258 g/mol. The molecule has 98 valence electrons. The van der Waals surface area contributed by atoms with Gasteiger partial charge in [-0.2, -0.15) is 0 Å². The monoisotopic (exact) mass is 258 g/mol. The molecule has 0 fully saturated rings. The molecule has 1 amide bonds. The number of carbonyl (C=O) groups is 1. The van der Waals surface area contributed by atoms with Crippen molar-refractivity contribution < 1.29 is 9.18 Å². The van der Waals surface area contributed by atoms with Crippen molar-refractivity contribution in [2.75, 3.05) is 17.7 Å². The number of nitrogens with two attached hydrogens (primary N) is 1. The standard InChI is InChI=1S/C15H15FN2O/c1-18(14-5-3-2-4-13(14)17)15(19)10-11-6-8-12(16)9-7-11/h2-9H,10,17H2,1H3. The van der Waals surface area contributed by atoms with Crippen LogP contribution in [-0.4, -0.2) is 13.0 Å². The van der Waals surface area contributed by atoms with E-state index in [1.54, 1.807) is 31.3 Å². The molecule has 0 spiro atoms. The van der Waals surface area contributed by atoms with Gasteiger partial charge in [0, 0.05) is 7.05 Å². The number of benzene rings is 2. The lowest BCUT2D eigenvalue weighted by Crippen LogP contribution is -2.28. The van der Waals surface area contributed by atoms with Crippen LogP contribution < -0.4 is 10.6 Å². The Balaban J connectivity index is 2.12. The number of hydrogen-bond donors (Lipinski definition) is 1. The smallest absolute Gasteiger partial charge is 0.231 e. The largest absolute Gasteiger partial charge is 0.397 e. The molecule has 0 aliphatic carbocycles. The van der Waals surface area contributed by atoms with Gasteiger partial charge in [0.15, 0.2) is 0 Å². The zero-order valence-electron chi connectivity index (χ0n) is 10.6. The second kappa shape index (κ2) is 5.52. The molecule has 0 aliphatic rings. The third-order valence-electron chi connectivity index (χ3n) is 2.94. The highest BCUT2D eigenvalue weighted by molar-refractivity contribution is 5.96. The minimum Gasteiger partial charge on any atom is -0.397 e. The predicted molar refractivity (Wildman–Crippen MR) is 74.4 cm³/mol. The summed E-state index contributed by atoms with van der Waals surface area (Å²) in [5, 5.41) is 0. The predicted octanol–water partition coefficient (Wildman–Crippen LogP) is 2.61. The molecule has 19 heavy (non-hydrogen) atoms. The summed E-state index contributed by atoms with van der Waals surface area (Å²) < 4.78 is 12.8. The third-order valence-corrected chi connectivity index (χ3v) is 2.94. The Labute approximate surface area is 111 Å². The number of amides is 1. The molecule has 2 aromatic carbocycles. The number of likely N-dealkylation sites (N-methyl/N-ethyl adjacent to an activating group) is 1. The summed E-state index contributed by atoms with van der Waals surface area (Å²) >= 11 is 0. The molecule has 3 nitrogen and oxygen atoms in total. The maximum atomic E-state index is 12.8. The van der Waals surface area contributed by atoms with Crippen LogP contribution in [0.15, 0.2) is 48.5 Å². The summed E-state index contributed by atoms with van der Waals surface area (Å²) in [7, 11) is 1.68. The first-order valence-corrected chi connectivity index (χ1v) is 5.93. The minimum atomic E-state index is -0.308. The van der Waals surface area contributed by atoms with Crippen molar-refractivity contribution in [2.45, 2.75) is 6.42 Å². The molecule has 2 aromatic rings. The Bertz CT molecular complexity index is 581. The molecule has 0 aromatic heterocycles. The van der Waals surface area contributed by atoms with E-state index >= 15 is 0 Å². The molecule has 0 aliphatic heterocycles. The molecule has 0 bridgehead atoms. The number of carbonyl (C=O) groups excluding carboxylic acids is 1. The van der Waals surface area contributed by atoms with Crippen LogP contribution in [0.3, 0.4) is 0 Å². The Kier molecular flexibility index (Phi) is 3.80. The van der Waals surface area contributed by atoms with E-state index in [9.17, 15) is 9.18 Å². The van der Waals surface area contributed by atoms with Crippen molar-refractivity contribution in [1.82, 2.24) is 0 Å². The van der Waals surface area contributed by atoms with Crippen LogP contribution in [0.4, 0.5) is 15.8 Å². The number of para-hydroxylation sites is 2. The number of hydrogen-bond acceptors (Lipinski definition) is 2. The number of nitrogen functional groups attached to an aromatic ring is 1. The number of halogens is 1. The van der Waals surface area contributed by atoms with E-state index in [-0.39, 0.29) is 18.1 Å². The van der Waals surface area contributed by atoms with Gasteiger partial charge in [0.2, 0.25) is 5.91 Å². The van der Waals surface area contributed by atoms with Crippen LogP contribution in [-0.2, 0) is 11.2 Å². The molecule has 4 heteroatoms. The maximum absolute atomic E-state index is 12.8. The second-order valence-electron chi connectivity index (χ2n) is 4.31. The molecule has 2 rings (SSSR count). The summed E-state index contributed by atoms with van der Waals surface area (Å²) in [6.45, 7) is 0. The van der Waals surface area contributed by atoms with Crippen LogP contribution in [0.25, 0.3) is 0 Å². The highest BCUT2D eigenvalue weighted by Gasteiger charge is 2.13. The fraction of sp³-hybridized carbons (Fsp3) is 0.133. The van der Waals surface area contributed by atoms with E-state index in [0.717, 1.165) is 5.56 Å². The Hall–Kier alpha value is -2.36. The molecule has 0 unspecified atom stereocenters. The Morgan fingerprint density at radius 3 is 2.42 bits per heavy atom. The van der Waals surface area contributed by atoms with Gasteiger partial charge in [0.05, 0.1) is 17.8 Å². The second-order valence-corrected chi connectivity index (χ2v) is 4.31. The molecule has 0 saturated heterocycles. The number of rotatable bonds is 3. The molecular formula is C15H15FN2O. The van der Waals surface area contributed by atoms with E-state index in [1.165, 1.54) is 17.0 Å². The minimum absolute atomic E-state index is 0.0930. The van der Waals surface area contributed by atoms with Gasteiger partial charge >= 0.3 is 0 Å². The quantitative estimate of drug-likeness (QED) is 0.860. The van der Waals surface area contributed by atoms with Gasteiger partial charge in [-0.25, -0.2) is 4.39 Å². The summed E-state index contributed by atoms with van der Waals surface area (Å²) in [6, 6.07) is 13.1. The molecular weight excluding hydrogens is 243 g/mol. The van der Waals surface area contributed by atoms with Gasteiger partial charge in [-0.05, 0) is 29.8 Å². The highest BCUT2D eigenvalue weighted by Crippen LogP contribution is 2.21. The summed E-state index contributed by atoms with van der Waals surface area (Å²) in [5.41, 5.74) is 7.83. The van der Waals surface area contributed by atoms with Gasteiger partial charge in [0.1, 0.15) is 5.82 Å². The first kappa shape index (κ1) is 13.1. The van der Waals surface area contributed by atoms with Crippen LogP contribution in [0.5, 0.6) is 0 Å². The Morgan fingerprint density at radius 1 is 1.16 bits per heavy atom. The fourth-order valence-corrected chi connectivity index (χ4v) is 1.82. The normalized spacial score (nSPS) is 10.2. The van der Waals surface area contributed by atoms with Crippen molar-refractivity contribution in [3.05, 3.63) is 59.9 Å². The number of nitrogens with zero attached hydrogens (tertiary/aromatic N) is 1. The van der Waals surface area contributed by atoms with Crippen LogP contribution in [0.2, 0.25) is 0 Å². The van der Waals surface area contributed by atoms with Crippen molar-refractivity contribution >= 4 is 17.3 Å². The van der Waals surface area contributed by atoms with Crippen molar-refractivity contribution in [1.29, 1.82) is 0 Å². The van der Waals surface area contributed by atoms with Crippen molar-refractivity contribution in [2.24, 2.45) is 0 Å². The summed E-state index contributed by atoms with van der Waals surface area (Å²) in [5.74, 6) is -0.402. The van der Waals surface area contributed by atoms with Crippen LogP contribution in [0.1, 0.15) is 5.56 Å². The SMILES string of the molecule is CN(C(=O)Cc1ccc(F)cc1)c1ccccc1N. The lowest BCUT2D eigenvalue weighted by Gasteiger charge is -2.19. The Morgan fingerprint density at radius 2 is 1.79 bits per heavy atom. The molecule has 2 N–H and O–H groups in total. The van der Waals surface area contributed by atoms with E-state index in [0.29, 0.717) is 11.4 Å². The first-order chi connectivity index (χ1) is 9.08. The fourth-order valence-electron chi connectivity index (χ4n) is 1.82. The summed E-state index contributed by atoms with van der Waals surface area (Å²) in [4.78, 5) is 13.6. The number of anilines is 2. The van der Waals surface area contributed by atoms with E-state index in [1.807, 2.05) is 12.1 Å². The zero-order valence-corrected chi connectivity index (χ0v) is 10.6. The topological polar surface area (TPSA) is 46.3 Å². The average Bonchev–Trinajstić information content (AvgIpc) is 2.41. The lowest BCUT2D eigenvalue weighted by atomic mass is 10.1. The van der Waals surface area contributed by atoms with Gasteiger partial charge in [-0.1, -0.05) is 24.3 Å². The molecule has 0 atom stereocenters. The highest BCUT2D eigenvalue weighted by atomic mass is 19.1. The van der Waals surface area contributed by atoms with E-state index in [2.05, 4.69) is 0 Å². The maximum Gasteiger partial charge on any atom is 0.231 e. The van der Waals surface area contributed by atoms with E-state index in [4.69, 9.17) is 5.73 Å². The van der Waals surface area contributed by atoms with Gasteiger partial charge in [-0.15, -0.1) is 0 Å². The third kappa shape index (κ3) is 3.10. The summed E-state index contributed by atoms with van der Waals surface area (Å²) in [6.07, 6.45) is 0.213. The van der Waals surface area contributed by atoms with Gasteiger partial charge in [0.25, 0.3) is 0 Å².